The molecule has 0 radical (unpaired) electrons. The minimum Gasteiger partial charge on any atom is -0.344 e. The molecule has 7 nitrogen and oxygen atoms in total. The third kappa shape index (κ3) is 2.30. The van der Waals surface area contributed by atoms with Crippen LogP contribution in [0.3, 0.4) is 0 Å². The molecule has 7 heteroatoms. The number of benzene rings is 1. The fourth-order valence-electron chi connectivity index (χ4n) is 2.30. The molecule has 1 unspecified atom stereocenters. The summed E-state index contributed by atoms with van der Waals surface area (Å²) in [6.45, 7) is 2.36. The number of carbonyl (C=O) groups is 1. The number of fused-ring (bicyclic) bond motifs is 1. The molecular weight excluding hydrogens is 282 g/mol. The monoisotopic (exact) mass is 299 g/mol. The lowest BCUT2D eigenvalue weighted by molar-refractivity contribution is 0.212. The van der Waals surface area contributed by atoms with E-state index in [4.69, 9.17) is 0 Å². The van der Waals surface area contributed by atoms with Gasteiger partial charge in [-0.15, -0.1) is 0 Å². The Morgan fingerprint density at radius 2 is 2.09 bits per heavy atom. The third-order valence-corrected chi connectivity index (χ3v) is 3.67. The quantitative estimate of drug-likeness (QED) is 0.884. The van der Waals surface area contributed by atoms with Gasteiger partial charge in [-0.05, 0) is 12.5 Å². The van der Waals surface area contributed by atoms with Crippen LogP contribution in [0.5, 0.6) is 0 Å². The second kappa shape index (κ2) is 5.51. The number of carbonyl (C=O) groups excluding carboxylic acids is 1. The van der Waals surface area contributed by atoms with E-state index in [-0.39, 0.29) is 12.2 Å². The molecule has 0 bridgehead atoms. The van der Waals surface area contributed by atoms with Crippen molar-refractivity contribution in [1.29, 1.82) is 0 Å². The largest absolute Gasteiger partial charge is 0.344 e. The van der Waals surface area contributed by atoms with Gasteiger partial charge in [-0.2, -0.15) is 0 Å². The molecule has 2 aromatic rings. The standard InChI is InChI=1S/C15H17N5O2/c1-3-19(2)15(22)20-11-9-16-12(10-7-5-4-6-8-10)17-13(11)18-14(20)21/h4-9,12,17H,3H2,1-2H3,(H,18,21). The smallest absolute Gasteiger partial charge is 0.336 e. The van der Waals surface area contributed by atoms with Gasteiger partial charge in [0.25, 0.3) is 0 Å². The van der Waals surface area contributed by atoms with Crippen molar-refractivity contribution in [3.8, 4) is 0 Å². The van der Waals surface area contributed by atoms with Crippen LogP contribution in [0, 0.1) is 0 Å². The van der Waals surface area contributed by atoms with Gasteiger partial charge in [0.05, 0.1) is 6.21 Å². The molecule has 1 atom stereocenters. The van der Waals surface area contributed by atoms with Gasteiger partial charge in [0, 0.05) is 13.6 Å². The molecule has 0 fully saturated rings. The number of nitrogens with zero attached hydrogens (tertiary/aromatic N) is 3. The van der Waals surface area contributed by atoms with Crippen LogP contribution < -0.4 is 11.0 Å². The van der Waals surface area contributed by atoms with E-state index < -0.39 is 5.69 Å². The molecular formula is C15H17N5O2. The SMILES string of the molecule is CCN(C)C(=O)n1c2c([nH]c1=O)NC(c1ccccc1)N=C2. The highest BCUT2D eigenvalue weighted by molar-refractivity contribution is 5.92. The van der Waals surface area contributed by atoms with Gasteiger partial charge in [0.2, 0.25) is 0 Å². The average Bonchev–Trinajstić information content (AvgIpc) is 2.89. The molecule has 0 aliphatic carbocycles. The summed E-state index contributed by atoms with van der Waals surface area (Å²) in [6, 6.07) is 9.30. The van der Waals surface area contributed by atoms with Crippen molar-refractivity contribution in [2.45, 2.75) is 13.1 Å². The van der Waals surface area contributed by atoms with Gasteiger partial charge in [-0.3, -0.25) is 9.98 Å². The summed E-state index contributed by atoms with van der Waals surface area (Å²) in [5.74, 6) is 0.506. The molecule has 1 aromatic heterocycles. The maximum absolute atomic E-state index is 12.3. The second-order valence-corrected chi connectivity index (χ2v) is 5.06. The van der Waals surface area contributed by atoms with Crippen LogP contribution in [0.2, 0.25) is 0 Å². The Labute approximate surface area is 127 Å². The molecule has 0 saturated heterocycles. The number of aliphatic imine (C=N–C) groups is 1. The van der Waals surface area contributed by atoms with E-state index in [0.717, 1.165) is 10.1 Å². The highest BCUT2D eigenvalue weighted by Gasteiger charge is 2.25. The highest BCUT2D eigenvalue weighted by Crippen LogP contribution is 2.25. The molecule has 2 N–H and O–H groups in total. The van der Waals surface area contributed by atoms with Crippen molar-refractivity contribution < 1.29 is 4.79 Å². The number of hydrogen-bond acceptors (Lipinski definition) is 4. The Hall–Kier alpha value is -2.83. The molecule has 2 heterocycles. The first kappa shape index (κ1) is 14.1. The Morgan fingerprint density at radius 3 is 2.77 bits per heavy atom. The van der Waals surface area contributed by atoms with E-state index in [0.29, 0.717) is 18.1 Å². The van der Waals surface area contributed by atoms with Gasteiger partial charge in [-0.25, -0.2) is 14.2 Å². The van der Waals surface area contributed by atoms with Crippen LogP contribution in [0.15, 0.2) is 40.1 Å². The minimum absolute atomic E-state index is 0.279. The zero-order valence-corrected chi connectivity index (χ0v) is 12.4. The molecule has 3 rings (SSSR count). The van der Waals surface area contributed by atoms with E-state index >= 15 is 0 Å². The summed E-state index contributed by atoms with van der Waals surface area (Å²) >= 11 is 0. The predicted octanol–water partition coefficient (Wildman–Crippen LogP) is 1.64. The first-order valence-corrected chi connectivity index (χ1v) is 7.07. The molecule has 114 valence electrons. The number of H-pyrrole nitrogens is 1. The average molecular weight is 299 g/mol. The fourth-order valence-corrected chi connectivity index (χ4v) is 2.30. The molecule has 22 heavy (non-hydrogen) atoms. The van der Waals surface area contributed by atoms with E-state index in [1.807, 2.05) is 37.3 Å². The normalized spacial score (nSPS) is 16.0. The van der Waals surface area contributed by atoms with Crippen LogP contribution in [-0.4, -0.2) is 40.3 Å². The summed E-state index contributed by atoms with van der Waals surface area (Å²) in [5, 5.41) is 3.14. The zero-order valence-electron chi connectivity index (χ0n) is 12.4. The van der Waals surface area contributed by atoms with Crippen molar-refractivity contribution >= 4 is 18.1 Å². The Morgan fingerprint density at radius 1 is 1.36 bits per heavy atom. The second-order valence-electron chi connectivity index (χ2n) is 5.06. The fraction of sp³-hybridized carbons (Fsp3) is 0.267. The van der Waals surface area contributed by atoms with Gasteiger partial charge >= 0.3 is 11.7 Å². The van der Waals surface area contributed by atoms with Crippen molar-refractivity contribution in [3.05, 3.63) is 52.1 Å². The number of hydrogen-bond donors (Lipinski definition) is 2. The summed E-state index contributed by atoms with van der Waals surface area (Å²) < 4.78 is 1.09. The third-order valence-electron chi connectivity index (χ3n) is 3.67. The van der Waals surface area contributed by atoms with Crippen molar-refractivity contribution in [3.63, 3.8) is 0 Å². The van der Waals surface area contributed by atoms with Gasteiger partial charge < -0.3 is 10.2 Å². The number of amides is 1. The first-order chi connectivity index (χ1) is 10.6. The predicted molar refractivity (Wildman–Crippen MR) is 84.6 cm³/mol. The lowest BCUT2D eigenvalue weighted by Crippen LogP contribution is -2.37. The van der Waals surface area contributed by atoms with Crippen molar-refractivity contribution in [2.75, 3.05) is 18.9 Å². The van der Waals surface area contributed by atoms with Crippen LogP contribution in [0.4, 0.5) is 10.6 Å². The van der Waals surface area contributed by atoms with Crippen LogP contribution >= 0.6 is 0 Å². The molecule has 1 aliphatic rings. The van der Waals surface area contributed by atoms with Crippen molar-refractivity contribution in [1.82, 2.24) is 14.5 Å². The number of aromatic nitrogens is 2. The summed E-state index contributed by atoms with van der Waals surface area (Å²) in [4.78, 5) is 32.9. The zero-order chi connectivity index (χ0) is 15.7. The maximum Gasteiger partial charge on any atom is 0.336 e. The molecule has 0 spiro atoms. The van der Waals surface area contributed by atoms with Gasteiger partial charge in [-0.1, -0.05) is 30.3 Å². The summed E-state index contributed by atoms with van der Waals surface area (Å²) in [6.07, 6.45) is 1.28. The number of aromatic amines is 1. The molecule has 1 aromatic carbocycles. The van der Waals surface area contributed by atoms with Crippen LogP contribution in [0.25, 0.3) is 0 Å². The molecule has 1 aliphatic heterocycles. The number of imidazole rings is 1. The van der Waals surface area contributed by atoms with Crippen LogP contribution in [0.1, 0.15) is 24.3 Å². The Balaban J connectivity index is 1.96. The highest BCUT2D eigenvalue weighted by atomic mass is 16.2. The Bertz CT molecular complexity index is 775. The van der Waals surface area contributed by atoms with E-state index in [1.165, 1.54) is 4.90 Å². The number of nitrogens with one attached hydrogen (secondary N) is 2. The van der Waals surface area contributed by atoms with Gasteiger partial charge in [0.15, 0.2) is 0 Å². The molecule has 1 amide bonds. The van der Waals surface area contributed by atoms with Crippen molar-refractivity contribution in [2.24, 2.45) is 4.99 Å². The van der Waals surface area contributed by atoms with Gasteiger partial charge in [0.1, 0.15) is 17.7 Å². The lowest BCUT2D eigenvalue weighted by atomic mass is 10.1. The summed E-state index contributed by atoms with van der Waals surface area (Å²) in [7, 11) is 1.65. The lowest BCUT2D eigenvalue weighted by Gasteiger charge is -2.20. The van der Waals surface area contributed by atoms with E-state index in [1.54, 1.807) is 13.3 Å². The summed E-state index contributed by atoms with van der Waals surface area (Å²) in [5.41, 5.74) is 0.959. The Kier molecular flexibility index (Phi) is 3.54. The van der Waals surface area contributed by atoms with E-state index in [2.05, 4.69) is 15.3 Å². The number of rotatable bonds is 2. The first-order valence-electron chi connectivity index (χ1n) is 7.07. The molecule has 0 saturated carbocycles. The minimum atomic E-state index is -0.469. The van der Waals surface area contributed by atoms with Crippen LogP contribution in [-0.2, 0) is 0 Å². The maximum atomic E-state index is 12.3. The number of anilines is 1. The van der Waals surface area contributed by atoms with E-state index in [9.17, 15) is 9.59 Å². The topological polar surface area (TPSA) is 82.5 Å².